The van der Waals surface area contributed by atoms with Gasteiger partial charge in [0.2, 0.25) is 5.91 Å². The van der Waals surface area contributed by atoms with Crippen LogP contribution in [-0.4, -0.2) is 43.5 Å². The number of hydrogen-bond donors (Lipinski definition) is 1. The number of rotatable bonds is 9. The predicted octanol–water partition coefficient (Wildman–Crippen LogP) is 4.09. The second kappa shape index (κ2) is 11.0. The molecule has 1 aliphatic rings. The SMILES string of the molecule is CC(C)(C)[Si](C)(C)OCCCc1cn(Cc2ccc(F)cc2)c(=O)c(N2CCCC(C(N)=O)C2)n1. The number of nitrogens with zero attached hydrogens (tertiary/aromatic N) is 3. The lowest BCUT2D eigenvalue weighted by Crippen LogP contribution is -2.44. The molecule has 35 heavy (non-hydrogen) atoms. The molecule has 1 aromatic carbocycles. The van der Waals surface area contributed by atoms with Crippen LogP contribution in [0.4, 0.5) is 10.2 Å². The highest BCUT2D eigenvalue weighted by Crippen LogP contribution is 2.36. The topological polar surface area (TPSA) is 90.5 Å². The summed E-state index contributed by atoms with van der Waals surface area (Å²) in [5.74, 6) is -0.608. The van der Waals surface area contributed by atoms with Gasteiger partial charge in [-0.15, -0.1) is 0 Å². The molecule has 0 spiro atoms. The van der Waals surface area contributed by atoms with E-state index >= 15 is 0 Å². The van der Waals surface area contributed by atoms with E-state index in [0.29, 0.717) is 38.5 Å². The maximum atomic E-state index is 13.4. The lowest BCUT2D eigenvalue weighted by molar-refractivity contribution is -0.122. The quantitative estimate of drug-likeness (QED) is 0.412. The van der Waals surface area contributed by atoms with Crippen LogP contribution in [0.2, 0.25) is 18.1 Å². The zero-order chi connectivity index (χ0) is 25.8. The van der Waals surface area contributed by atoms with Crippen LogP contribution in [-0.2, 0) is 22.2 Å². The molecule has 1 saturated heterocycles. The number of nitrogens with two attached hydrogens (primary N) is 1. The first-order valence-corrected chi connectivity index (χ1v) is 15.3. The number of primary amides is 1. The number of carbonyl (C=O) groups excluding carboxylic acids is 1. The van der Waals surface area contributed by atoms with Crippen molar-refractivity contribution in [2.24, 2.45) is 11.7 Å². The Bertz CT molecular complexity index is 1080. The number of aromatic nitrogens is 2. The minimum absolute atomic E-state index is 0.145. The molecule has 1 aromatic heterocycles. The average molecular weight is 503 g/mol. The molecule has 192 valence electrons. The second-order valence-electron chi connectivity index (χ2n) is 11.0. The van der Waals surface area contributed by atoms with Crippen molar-refractivity contribution in [3.63, 3.8) is 0 Å². The van der Waals surface area contributed by atoms with Gasteiger partial charge in [0, 0.05) is 25.9 Å². The molecule has 2 heterocycles. The van der Waals surface area contributed by atoms with E-state index in [2.05, 4.69) is 33.9 Å². The summed E-state index contributed by atoms with van der Waals surface area (Å²) < 4.78 is 21.3. The Balaban J connectivity index is 1.83. The first-order chi connectivity index (χ1) is 16.4. The lowest BCUT2D eigenvalue weighted by Gasteiger charge is -2.36. The highest BCUT2D eigenvalue weighted by molar-refractivity contribution is 6.74. The molecule has 3 rings (SSSR count). The van der Waals surface area contributed by atoms with E-state index in [-0.39, 0.29) is 28.2 Å². The van der Waals surface area contributed by atoms with E-state index in [1.54, 1.807) is 22.9 Å². The lowest BCUT2D eigenvalue weighted by atomic mass is 9.97. The molecular formula is C26H39FN4O3Si. The van der Waals surface area contributed by atoms with Gasteiger partial charge >= 0.3 is 0 Å². The summed E-state index contributed by atoms with van der Waals surface area (Å²) in [6, 6.07) is 6.14. The van der Waals surface area contributed by atoms with E-state index in [1.165, 1.54) is 12.1 Å². The fraction of sp³-hybridized carbons (Fsp3) is 0.577. The maximum Gasteiger partial charge on any atom is 0.293 e. The first kappa shape index (κ1) is 27.1. The van der Waals surface area contributed by atoms with Crippen LogP contribution < -0.4 is 16.2 Å². The van der Waals surface area contributed by atoms with Gasteiger partial charge < -0.3 is 19.6 Å². The van der Waals surface area contributed by atoms with Gasteiger partial charge in [0.1, 0.15) is 5.82 Å². The van der Waals surface area contributed by atoms with Crippen LogP contribution in [0, 0.1) is 11.7 Å². The van der Waals surface area contributed by atoms with E-state index in [4.69, 9.17) is 15.1 Å². The number of piperidine rings is 1. The molecule has 1 amide bonds. The Labute approximate surface area is 208 Å². The first-order valence-electron chi connectivity index (χ1n) is 12.4. The van der Waals surface area contributed by atoms with Crippen molar-refractivity contribution in [3.8, 4) is 0 Å². The van der Waals surface area contributed by atoms with Gasteiger partial charge in [0.25, 0.3) is 5.56 Å². The molecule has 7 nitrogen and oxygen atoms in total. The minimum atomic E-state index is -1.83. The highest BCUT2D eigenvalue weighted by atomic mass is 28.4. The largest absolute Gasteiger partial charge is 0.417 e. The summed E-state index contributed by atoms with van der Waals surface area (Å²) in [4.78, 5) is 31.8. The summed E-state index contributed by atoms with van der Waals surface area (Å²) in [7, 11) is -1.83. The zero-order valence-electron chi connectivity index (χ0n) is 21.6. The van der Waals surface area contributed by atoms with E-state index < -0.39 is 8.32 Å². The number of hydrogen-bond acceptors (Lipinski definition) is 5. The summed E-state index contributed by atoms with van der Waals surface area (Å²) in [6.07, 6.45) is 4.74. The van der Waals surface area contributed by atoms with E-state index in [9.17, 15) is 14.0 Å². The third kappa shape index (κ3) is 7.01. The summed E-state index contributed by atoms with van der Waals surface area (Å²) in [5.41, 5.74) is 6.95. The van der Waals surface area contributed by atoms with Gasteiger partial charge in [0.05, 0.1) is 18.2 Å². The van der Waals surface area contributed by atoms with Crippen molar-refractivity contribution in [2.45, 2.75) is 71.1 Å². The molecule has 0 aliphatic carbocycles. The smallest absolute Gasteiger partial charge is 0.293 e. The molecule has 0 radical (unpaired) electrons. The van der Waals surface area contributed by atoms with E-state index in [1.807, 2.05) is 4.90 Å². The Hall–Kier alpha value is -2.52. The molecule has 1 aliphatic heterocycles. The van der Waals surface area contributed by atoms with Gasteiger partial charge in [-0.3, -0.25) is 9.59 Å². The zero-order valence-corrected chi connectivity index (χ0v) is 22.6. The van der Waals surface area contributed by atoms with Crippen molar-refractivity contribution >= 4 is 20.0 Å². The second-order valence-corrected chi connectivity index (χ2v) is 15.8. The molecule has 2 aromatic rings. The summed E-state index contributed by atoms with van der Waals surface area (Å²) in [6.45, 7) is 13.1. The molecule has 1 atom stereocenters. The fourth-order valence-electron chi connectivity index (χ4n) is 4.01. The maximum absolute atomic E-state index is 13.4. The van der Waals surface area contributed by atoms with Crippen molar-refractivity contribution in [2.75, 3.05) is 24.6 Å². The van der Waals surface area contributed by atoms with Crippen LogP contribution in [0.3, 0.4) is 0 Å². The molecule has 1 fully saturated rings. The summed E-state index contributed by atoms with van der Waals surface area (Å²) in [5, 5.41) is 0.145. The van der Waals surface area contributed by atoms with Gasteiger partial charge in [0.15, 0.2) is 14.1 Å². The van der Waals surface area contributed by atoms with Crippen LogP contribution in [0.5, 0.6) is 0 Å². The van der Waals surface area contributed by atoms with Crippen molar-refractivity contribution in [3.05, 3.63) is 57.9 Å². The van der Waals surface area contributed by atoms with Crippen LogP contribution in [0.25, 0.3) is 0 Å². The number of anilines is 1. The number of aryl methyl sites for hydroxylation is 1. The van der Waals surface area contributed by atoms with Crippen molar-refractivity contribution < 1.29 is 13.6 Å². The molecule has 0 saturated carbocycles. The Morgan fingerprint density at radius 1 is 1.26 bits per heavy atom. The standard InChI is InChI=1S/C26H39FN4O3Si/c1-26(2,3)35(4,5)34-15-7-9-22-18-31(16-19-10-12-21(27)13-11-19)25(33)24(29-22)30-14-6-8-20(17-30)23(28)32/h10-13,18,20H,6-9,14-17H2,1-5H3,(H2,28,32). The van der Waals surface area contributed by atoms with Crippen LogP contribution >= 0.6 is 0 Å². The summed E-state index contributed by atoms with van der Waals surface area (Å²) >= 11 is 0. The fourth-order valence-corrected chi connectivity index (χ4v) is 5.10. The third-order valence-electron chi connectivity index (χ3n) is 7.24. The molecule has 9 heteroatoms. The Morgan fingerprint density at radius 2 is 1.94 bits per heavy atom. The van der Waals surface area contributed by atoms with Gasteiger partial charge in [-0.25, -0.2) is 9.37 Å². The van der Waals surface area contributed by atoms with Crippen molar-refractivity contribution in [1.29, 1.82) is 0 Å². The third-order valence-corrected chi connectivity index (χ3v) is 11.8. The minimum Gasteiger partial charge on any atom is -0.417 e. The average Bonchev–Trinajstić information content (AvgIpc) is 2.79. The van der Waals surface area contributed by atoms with Crippen LogP contribution in [0.15, 0.2) is 35.3 Å². The van der Waals surface area contributed by atoms with Gasteiger partial charge in [-0.1, -0.05) is 32.9 Å². The number of halogens is 1. The van der Waals surface area contributed by atoms with Crippen molar-refractivity contribution in [1.82, 2.24) is 9.55 Å². The molecule has 0 bridgehead atoms. The molecular weight excluding hydrogens is 463 g/mol. The Morgan fingerprint density at radius 3 is 2.57 bits per heavy atom. The van der Waals surface area contributed by atoms with Gasteiger partial charge in [-0.2, -0.15) is 0 Å². The number of benzene rings is 1. The normalized spacial score (nSPS) is 17.0. The van der Waals surface area contributed by atoms with E-state index in [0.717, 1.165) is 30.5 Å². The Kier molecular flexibility index (Phi) is 8.53. The molecule has 2 N–H and O–H groups in total. The van der Waals surface area contributed by atoms with Crippen LogP contribution in [0.1, 0.15) is 51.3 Å². The monoisotopic (exact) mass is 502 g/mol. The van der Waals surface area contributed by atoms with Gasteiger partial charge in [-0.05, 0) is 61.5 Å². The highest BCUT2D eigenvalue weighted by Gasteiger charge is 2.36. The molecule has 1 unspecified atom stereocenters. The number of amides is 1. The predicted molar refractivity (Wildman–Crippen MR) is 140 cm³/mol. The number of carbonyl (C=O) groups is 1.